The Labute approximate surface area is 126 Å². The second-order valence-electron chi connectivity index (χ2n) is 5.65. The fraction of sp³-hybridized carbons (Fsp3) is 0.389. The third-order valence-electron chi connectivity index (χ3n) is 4.01. The molecular formula is C18H22N2O. The Hall–Kier alpha value is -1.87. The highest BCUT2D eigenvalue weighted by Gasteiger charge is 2.23. The van der Waals surface area contributed by atoms with Crippen LogP contribution in [0.25, 0.3) is 0 Å². The Morgan fingerprint density at radius 2 is 2.00 bits per heavy atom. The summed E-state index contributed by atoms with van der Waals surface area (Å²) in [6, 6.07) is 15.3. The SMILES string of the molecule is COc1cccnc1CC(CNC1CC1)c1ccccc1. The van der Waals surface area contributed by atoms with E-state index in [4.69, 9.17) is 4.74 Å². The zero-order valence-corrected chi connectivity index (χ0v) is 12.5. The van der Waals surface area contributed by atoms with Crippen molar-refractivity contribution in [1.29, 1.82) is 0 Å². The number of pyridine rings is 1. The normalized spacial score (nSPS) is 15.7. The second kappa shape index (κ2) is 6.72. The van der Waals surface area contributed by atoms with Crippen molar-refractivity contribution in [3.05, 3.63) is 59.9 Å². The van der Waals surface area contributed by atoms with Crippen LogP contribution >= 0.6 is 0 Å². The molecule has 1 saturated carbocycles. The van der Waals surface area contributed by atoms with Gasteiger partial charge >= 0.3 is 0 Å². The summed E-state index contributed by atoms with van der Waals surface area (Å²) in [6.07, 6.45) is 5.37. The minimum atomic E-state index is 0.426. The number of methoxy groups -OCH3 is 1. The third kappa shape index (κ3) is 3.82. The van der Waals surface area contributed by atoms with Gasteiger partial charge in [-0.25, -0.2) is 0 Å². The molecule has 0 saturated heterocycles. The zero-order chi connectivity index (χ0) is 14.5. The maximum Gasteiger partial charge on any atom is 0.140 e. The summed E-state index contributed by atoms with van der Waals surface area (Å²) in [6.45, 7) is 0.994. The monoisotopic (exact) mass is 282 g/mol. The number of hydrogen-bond donors (Lipinski definition) is 1. The fourth-order valence-corrected chi connectivity index (χ4v) is 2.63. The molecule has 3 heteroatoms. The predicted molar refractivity (Wildman–Crippen MR) is 84.7 cm³/mol. The number of hydrogen-bond acceptors (Lipinski definition) is 3. The van der Waals surface area contributed by atoms with Crippen molar-refractivity contribution in [3.8, 4) is 5.75 Å². The van der Waals surface area contributed by atoms with Gasteiger partial charge in [0.1, 0.15) is 5.75 Å². The number of nitrogens with zero attached hydrogens (tertiary/aromatic N) is 1. The van der Waals surface area contributed by atoms with Crippen molar-refractivity contribution in [2.75, 3.05) is 13.7 Å². The molecule has 1 N–H and O–H groups in total. The Bertz CT molecular complexity index is 566. The topological polar surface area (TPSA) is 34.1 Å². The van der Waals surface area contributed by atoms with E-state index in [2.05, 4.69) is 40.6 Å². The number of ether oxygens (including phenoxy) is 1. The van der Waals surface area contributed by atoms with Crippen molar-refractivity contribution in [1.82, 2.24) is 10.3 Å². The van der Waals surface area contributed by atoms with Crippen LogP contribution in [-0.2, 0) is 6.42 Å². The van der Waals surface area contributed by atoms with Gasteiger partial charge in [-0.05, 0) is 30.5 Å². The molecule has 1 aromatic heterocycles. The third-order valence-corrected chi connectivity index (χ3v) is 4.01. The van der Waals surface area contributed by atoms with Gasteiger partial charge in [0.15, 0.2) is 0 Å². The molecule has 1 aliphatic carbocycles. The predicted octanol–water partition coefficient (Wildman–Crippen LogP) is 3.17. The molecule has 110 valence electrons. The van der Waals surface area contributed by atoms with E-state index in [1.165, 1.54) is 18.4 Å². The summed E-state index contributed by atoms with van der Waals surface area (Å²) in [7, 11) is 1.71. The maximum atomic E-state index is 5.44. The van der Waals surface area contributed by atoms with E-state index < -0.39 is 0 Å². The van der Waals surface area contributed by atoms with Gasteiger partial charge in [0.05, 0.1) is 12.8 Å². The van der Waals surface area contributed by atoms with Crippen LogP contribution in [0.4, 0.5) is 0 Å². The smallest absolute Gasteiger partial charge is 0.140 e. The van der Waals surface area contributed by atoms with Gasteiger partial charge in [-0.1, -0.05) is 30.3 Å². The summed E-state index contributed by atoms with van der Waals surface area (Å²) >= 11 is 0. The highest BCUT2D eigenvalue weighted by molar-refractivity contribution is 5.30. The standard InChI is InChI=1S/C18H22N2O/c1-21-18-8-5-11-19-17(18)12-15(13-20-16-9-10-16)14-6-3-2-4-7-14/h2-8,11,15-16,20H,9-10,12-13H2,1H3. The first-order chi connectivity index (χ1) is 10.4. The van der Waals surface area contributed by atoms with Crippen molar-refractivity contribution in [2.24, 2.45) is 0 Å². The van der Waals surface area contributed by atoms with Crippen LogP contribution in [0.1, 0.15) is 30.0 Å². The van der Waals surface area contributed by atoms with Gasteiger partial charge in [-0.2, -0.15) is 0 Å². The molecule has 3 nitrogen and oxygen atoms in total. The quantitative estimate of drug-likeness (QED) is 0.847. The molecule has 1 heterocycles. The van der Waals surface area contributed by atoms with E-state index in [1.807, 2.05) is 18.3 Å². The largest absolute Gasteiger partial charge is 0.495 e. The molecule has 0 bridgehead atoms. The first-order valence-corrected chi connectivity index (χ1v) is 7.63. The molecule has 1 aliphatic rings. The molecule has 0 amide bonds. The van der Waals surface area contributed by atoms with E-state index in [-0.39, 0.29) is 0 Å². The maximum absolute atomic E-state index is 5.44. The van der Waals surface area contributed by atoms with Crippen molar-refractivity contribution in [3.63, 3.8) is 0 Å². The van der Waals surface area contributed by atoms with Crippen LogP contribution in [0.3, 0.4) is 0 Å². The molecule has 2 aromatic rings. The minimum Gasteiger partial charge on any atom is -0.495 e. The van der Waals surface area contributed by atoms with E-state index in [1.54, 1.807) is 7.11 Å². The van der Waals surface area contributed by atoms with E-state index >= 15 is 0 Å². The van der Waals surface area contributed by atoms with E-state index in [0.717, 1.165) is 30.5 Å². The molecule has 1 atom stereocenters. The highest BCUT2D eigenvalue weighted by atomic mass is 16.5. The molecule has 1 aromatic carbocycles. The Balaban J connectivity index is 1.77. The molecular weight excluding hydrogens is 260 g/mol. The van der Waals surface area contributed by atoms with Crippen LogP contribution in [0, 0.1) is 0 Å². The zero-order valence-electron chi connectivity index (χ0n) is 12.5. The summed E-state index contributed by atoms with van der Waals surface area (Å²) < 4.78 is 5.44. The lowest BCUT2D eigenvalue weighted by Gasteiger charge is -2.19. The summed E-state index contributed by atoms with van der Waals surface area (Å²) in [5, 5.41) is 3.64. The highest BCUT2D eigenvalue weighted by Crippen LogP contribution is 2.26. The van der Waals surface area contributed by atoms with Crippen LogP contribution in [0.5, 0.6) is 5.75 Å². The van der Waals surface area contributed by atoms with Crippen molar-refractivity contribution < 1.29 is 4.74 Å². The average molecular weight is 282 g/mol. The van der Waals surface area contributed by atoms with Gasteiger partial charge in [-0.15, -0.1) is 0 Å². The lowest BCUT2D eigenvalue weighted by atomic mass is 9.93. The average Bonchev–Trinajstić information content (AvgIpc) is 3.37. The van der Waals surface area contributed by atoms with Gasteiger partial charge in [0.25, 0.3) is 0 Å². The van der Waals surface area contributed by atoms with E-state index in [9.17, 15) is 0 Å². The van der Waals surface area contributed by atoms with Crippen LogP contribution < -0.4 is 10.1 Å². The Morgan fingerprint density at radius 1 is 1.19 bits per heavy atom. The first-order valence-electron chi connectivity index (χ1n) is 7.63. The van der Waals surface area contributed by atoms with Gasteiger partial charge in [0.2, 0.25) is 0 Å². The number of aromatic nitrogens is 1. The van der Waals surface area contributed by atoms with Crippen LogP contribution in [0.15, 0.2) is 48.7 Å². The summed E-state index contributed by atoms with van der Waals surface area (Å²) in [5.41, 5.74) is 2.39. The molecule has 3 rings (SSSR count). The number of rotatable bonds is 7. The second-order valence-corrected chi connectivity index (χ2v) is 5.65. The molecule has 1 unspecified atom stereocenters. The minimum absolute atomic E-state index is 0.426. The van der Waals surface area contributed by atoms with Gasteiger partial charge in [-0.3, -0.25) is 4.98 Å². The van der Waals surface area contributed by atoms with Gasteiger partial charge in [0, 0.05) is 31.1 Å². The summed E-state index contributed by atoms with van der Waals surface area (Å²) in [4.78, 5) is 4.50. The van der Waals surface area contributed by atoms with Crippen molar-refractivity contribution in [2.45, 2.75) is 31.2 Å². The van der Waals surface area contributed by atoms with Crippen molar-refractivity contribution >= 4 is 0 Å². The summed E-state index contributed by atoms with van der Waals surface area (Å²) in [5.74, 6) is 1.31. The van der Waals surface area contributed by atoms with E-state index in [0.29, 0.717) is 5.92 Å². The Kier molecular flexibility index (Phi) is 4.51. The lowest BCUT2D eigenvalue weighted by Crippen LogP contribution is -2.25. The molecule has 21 heavy (non-hydrogen) atoms. The first kappa shape index (κ1) is 14.1. The molecule has 1 fully saturated rings. The van der Waals surface area contributed by atoms with Crippen LogP contribution in [-0.4, -0.2) is 24.7 Å². The van der Waals surface area contributed by atoms with Gasteiger partial charge < -0.3 is 10.1 Å². The fourth-order valence-electron chi connectivity index (χ4n) is 2.63. The van der Waals surface area contributed by atoms with Crippen LogP contribution in [0.2, 0.25) is 0 Å². The molecule has 0 aliphatic heterocycles. The Morgan fingerprint density at radius 3 is 2.71 bits per heavy atom. The number of nitrogens with one attached hydrogen (secondary N) is 1. The lowest BCUT2D eigenvalue weighted by molar-refractivity contribution is 0.404. The molecule has 0 radical (unpaired) electrons. The number of benzene rings is 1. The molecule has 0 spiro atoms.